The van der Waals surface area contributed by atoms with E-state index in [-0.39, 0.29) is 5.97 Å². The Bertz CT molecular complexity index is 422. The highest BCUT2D eigenvalue weighted by Gasteiger charge is 2.01. The van der Waals surface area contributed by atoms with Gasteiger partial charge in [0.2, 0.25) is 0 Å². The number of likely N-dealkylation sites (N-methyl/N-ethyl adjacent to an activating group) is 1. The Morgan fingerprint density at radius 3 is 2.40 bits per heavy atom. The van der Waals surface area contributed by atoms with Gasteiger partial charge in [0.15, 0.2) is 0 Å². The molecule has 4 heteroatoms. The molecule has 0 atom stereocenters. The molecule has 1 aromatic carbocycles. The molecule has 0 aliphatic carbocycles. The van der Waals surface area contributed by atoms with E-state index >= 15 is 0 Å². The molecule has 0 aromatic heterocycles. The van der Waals surface area contributed by atoms with Crippen molar-refractivity contribution in [3.8, 4) is 5.75 Å². The molecule has 0 unspecified atom stereocenters. The normalized spacial score (nSPS) is 11.0. The van der Waals surface area contributed by atoms with Crippen LogP contribution in [0.15, 0.2) is 30.3 Å². The van der Waals surface area contributed by atoms with Crippen LogP contribution < -0.4 is 4.74 Å². The van der Waals surface area contributed by atoms with E-state index in [1.807, 2.05) is 24.3 Å². The number of methoxy groups -OCH3 is 1. The molecule has 0 saturated heterocycles. The zero-order chi connectivity index (χ0) is 14.8. The lowest BCUT2D eigenvalue weighted by molar-refractivity contribution is -0.138. The number of ether oxygens (including phenoxy) is 2. The van der Waals surface area contributed by atoms with Gasteiger partial charge in [0.1, 0.15) is 12.4 Å². The Hall–Kier alpha value is -1.81. The van der Waals surface area contributed by atoms with Crippen LogP contribution in [0.1, 0.15) is 19.4 Å². The van der Waals surface area contributed by atoms with E-state index in [4.69, 9.17) is 9.47 Å². The van der Waals surface area contributed by atoms with Gasteiger partial charge in [-0.3, -0.25) is 0 Å². The van der Waals surface area contributed by atoms with Crippen LogP contribution in [0.3, 0.4) is 0 Å². The van der Waals surface area contributed by atoms with Crippen LogP contribution >= 0.6 is 0 Å². The Labute approximate surface area is 121 Å². The summed E-state index contributed by atoms with van der Waals surface area (Å²) in [4.78, 5) is 13.8. The summed E-state index contributed by atoms with van der Waals surface area (Å²) in [5.74, 6) is 0.483. The lowest BCUT2D eigenvalue weighted by Crippen LogP contribution is -2.27. The second kappa shape index (κ2) is 9.15. The second-order valence-electron chi connectivity index (χ2n) is 4.30. The highest BCUT2D eigenvalue weighted by atomic mass is 16.5. The van der Waals surface area contributed by atoms with Crippen molar-refractivity contribution >= 4 is 12.0 Å². The third-order valence-electron chi connectivity index (χ3n) is 3.07. The Morgan fingerprint density at radius 2 is 1.85 bits per heavy atom. The van der Waals surface area contributed by atoms with Crippen molar-refractivity contribution < 1.29 is 14.3 Å². The van der Waals surface area contributed by atoms with Crippen LogP contribution in [0.5, 0.6) is 5.75 Å². The monoisotopic (exact) mass is 277 g/mol. The Morgan fingerprint density at radius 1 is 1.20 bits per heavy atom. The lowest BCUT2D eigenvalue weighted by atomic mass is 10.2. The zero-order valence-corrected chi connectivity index (χ0v) is 12.5. The first-order valence-electron chi connectivity index (χ1n) is 6.90. The highest BCUT2D eigenvalue weighted by molar-refractivity contribution is 5.87. The molecule has 0 amide bonds. The van der Waals surface area contributed by atoms with Crippen molar-refractivity contribution in [1.29, 1.82) is 0 Å². The van der Waals surface area contributed by atoms with Gasteiger partial charge in [0, 0.05) is 12.6 Å². The van der Waals surface area contributed by atoms with Gasteiger partial charge < -0.3 is 14.4 Å². The summed E-state index contributed by atoms with van der Waals surface area (Å²) in [6.07, 6.45) is 3.18. The van der Waals surface area contributed by atoms with Crippen molar-refractivity contribution in [2.75, 3.05) is 33.4 Å². The molecule has 0 radical (unpaired) electrons. The van der Waals surface area contributed by atoms with E-state index in [0.29, 0.717) is 6.61 Å². The topological polar surface area (TPSA) is 38.8 Å². The third kappa shape index (κ3) is 5.89. The van der Waals surface area contributed by atoms with Crippen molar-refractivity contribution in [3.63, 3.8) is 0 Å². The molecule has 0 spiro atoms. The number of carbonyl (C=O) groups excluding carboxylic acids is 1. The van der Waals surface area contributed by atoms with Crippen LogP contribution in [-0.2, 0) is 9.53 Å². The van der Waals surface area contributed by atoms with Gasteiger partial charge in [0.25, 0.3) is 0 Å². The van der Waals surface area contributed by atoms with Gasteiger partial charge >= 0.3 is 5.97 Å². The molecule has 0 heterocycles. The van der Waals surface area contributed by atoms with E-state index in [1.54, 1.807) is 13.2 Å². The number of benzene rings is 1. The summed E-state index contributed by atoms with van der Waals surface area (Å²) in [6, 6.07) is 7.48. The molecule has 110 valence electrons. The van der Waals surface area contributed by atoms with Gasteiger partial charge in [-0.1, -0.05) is 26.0 Å². The summed E-state index contributed by atoms with van der Waals surface area (Å²) in [7, 11) is 1.62. The summed E-state index contributed by atoms with van der Waals surface area (Å²) >= 11 is 0. The molecular weight excluding hydrogens is 254 g/mol. The van der Waals surface area contributed by atoms with Crippen molar-refractivity contribution in [2.45, 2.75) is 13.8 Å². The first-order chi connectivity index (χ1) is 9.69. The average Bonchev–Trinajstić information content (AvgIpc) is 2.50. The van der Waals surface area contributed by atoms with E-state index < -0.39 is 0 Å². The zero-order valence-electron chi connectivity index (χ0n) is 12.5. The van der Waals surface area contributed by atoms with Gasteiger partial charge in [-0.2, -0.15) is 0 Å². The summed E-state index contributed by atoms with van der Waals surface area (Å²) < 4.78 is 10.2. The van der Waals surface area contributed by atoms with Gasteiger partial charge in [-0.15, -0.1) is 0 Å². The maximum absolute atomic E-state index is 11.5. The molecule has 0 aliphatic heterocycles. The summed E-state index contributed by atoms with van der Waals surface area (Å²) in [5.41, 5.74) is 0.937. The molecule has 0 saturated carbocycles. The fraction of sp³-hybridized carbons (Fsp3) is 0.438. The minimum Gasteiger partial charge on any atom is -0.497 e. The molecule has 0 aliphatic rings. The predicted octanol–water partition coefficient (Wildman–Crippen LogP) is 2.59. The standard InChI is InChI=1S/C16H23NO3/c1-4-17(5-2)12-13-20-16(18)11-8-14-6-9-15(19-3)10-7-14/h6-11H,4-5,12-13H2,1-3H3. The predicted molar refractivity (Wildman–Crippen MR) is 80.8 cm³/mol. The van der Waals surface area contributed by atoms with Crippen molar-refractivity contribution in [1.82, 2.24) is 4.90 Å². The lowest BCUT2D eigenvalue weighted by Gasteiger charge is -2.16. The van der Waals surface area contributed by atoms with Crippen LogP contribution in [0.25, 0.3) is 6.08 Å². The van der Waals surface area contributed by atoms with E-state index in [0.717, 1.165) is 30.9 Å². The summed E-state index contributed by atoms with van der Waals surface area (Å²) in [5, 5.41) is 0. The molecule has 0 bridgehead atoms. The minimum absolute atomic E-state index is 0.312. The maximum atomic E-state index is 11.5. The molecular formula is C16H23NO3. The molecule has 20 heavy (non-hydrogen) atoms. The largest absolute Gasteiger partial charge is 0.497 e. The van der Waals surface area contributed by atoms with Crippen molar-refractivity contribution in [3.05, 3.63) is 35.9 Å². The van der Waals surface area contributed by atoms with Gasteiger partial charge in [-0.25, -0.2) is 4.79 Å². The minimum atomic E-state index is -0.312. The fourth-order valence-corrected chi connectivity index (χ4v) is 1.74. The molecule has 1 rings (SSSR count). The SMILES string of the molecule is CCN(CC)CCOC(=O)C=Cc1ccc(OC)cc1. The second-order valence-corrected chi connectivity index (χ2v) is 4.30. The number of carbonyl (C=O) groups is 1. The molecule has 0 fully saturated rings. The van der Waals surface area contributed by atoms with Gasteiger partial charge in [-0.05, 0) is 36.9 Å². The van der Waals surface area contributed by atoms with Gasteiger partial charge in [0.05, 0.1) is 7.11 Å². The number of hydrogen-bond acceptors (Lipinski definition) is 4. The average molecular weight is 277 g/mol. The highest BCUT2D eigenvalue weighted by Crippen LogP contribution is 2.12. The van der Waals surface area contributed by atoms with E-state index in [9.17, 15) is 4.79 Å². The van der Waals surface area contributed by atoms with Crippen LogP contribution in [0, 0.1) is 0 Å². The smallest absolute Gasteiger partial charge is 0.330 e. The quantitative estimate of drug-likeness (QED) is 0.541. The van der Waals surface area contributed by atoms with Crippen LogP contribution in [0.4, 0.5) is 0 Å². The summed E-state index contributed by atoms with van der Waals surface area (Å²) in [6.45, 7) is 7.32. The fourth-order valence-electron chi connectivity index (χ4n) is 1.74. The first kappa shape index (κ1) is 16.2. The molecule has 1 aromatic rings. The molecule has 4 nitrogen and oxygen atoms in total. The number of hydrogen-bond donors (Lipinski definition) is 0. The van der Waals surface area contributed by atoms with E-state index in [1.165, 1.54) is 6.08 Å². The third-order valence-corrected chi connectivity index (χ3v) is 3.07. The molecule has 0 N–H and O–H groups in total. The Balaban J connectivity index is 2.35. The first-order valence-corrected chi connectivity index (χ1v) is 6.90. The van der Waals surface area contributed by atoms with Crippen molar-refractivity contribution in [2.24, 2.45) is 0 Å². The Kier molecular flexibility index (Phi) is 7.43. The number of rotatable bonds is 8. The number of nitrogens with zero attached hydrogens (tertiary/aromatic N) is 1. The number of esters is 1. The van der Waals surface area contributed by atoms with Crippen LogP contribution in [0.2, 0.25) is 0 Å². The van der Waals surface area contributed by atoms with Crippen LogP contribution in [-0.4, -0.2) is 44.2 Å². The van der Waals surface area contributed by atoms with E-state index in [2.05, 4.69) is 18.7 Å². The maximum Gasteiger partial charge on any atom is 0.330 e.